The van der Waals surface area contributed by atoms with Crippen LogP contribution < -0.4 is 16.6 Å². The summed E-state index contributed by atoms with van der Waals surface area (Å²) in [5, 5.41) is 5.70. The third-order valence-electron chi connectivity index (χ3n) is 2.27. The number of hydrogen-bond donors (Lipinski definition) is 2. The van der Waals surface area contributed by atoms with Crippen molar-refractivity contribution in [3.8, 4) is 0 Å². The number of anilines is 2. The van der Waals surface area contributed by atoms with Gasteiger partial charge in [-0.15, -0.1) is 11.3 Å². The van der Waals surface area contributed by atoms with Crippen molar-refractivity contribution in [2.24, 2.45) is 5.10 Å². The number of hydrogen-bond acceptors (Lipinski definition) is 5. The van der Waals surface area contributed by atoms with E-state index in [-0.39, 0.29) is 5.56 Å². The molecular formula is C10H8BF4N4S-. The molecule has 0 fully saturated rings. The van der Waals surface area contributed by atoms with Crippen molar-refractivity contribution < 1.29 is 17.3 Å². The highest BCUT2D eigenvalue weighted by molar-refractivity contribution is 7.14. The van der Waals surface area contributed by atoms with E-state index in [9.17, 15) is 17.3 Å². The predicted octanol–water partition coefficient (Wildman–Crippen LogP) is 2.36. The summed E-state index contributed by atoms with van der Waals surface area (Å²) in [5.41, 5.74) is 6.75. The van der Waals surface area contributed by atoms with Crippen LogP contribution in [-0.2, 0) is 0 Å². The van der Waals surface area contributed by atoms with E-state index in [1.807, 2.05) is 0 Å². The van der Waals surface area contributed by atoms with Gasteiger partial charge in [0, 0.05) is 5.38 Å². The van der Waals surface area contributed by atoms with E-state index in [0.29, 0.717) is 17.0 Å². The maximum Gasteiger partial charge on any atom is 0.512 e. The van der Waals surface area contributed by atoms with E-state index in [2.05, 4.69) is 15.5 Å². The molecule has 0 spiro atoms. The largest absolute Gasteiger partial charge is 0.512 e. The molecule has 0 aliphatic heterocycles. The van der Waals surface area contributed by atoms with E-state index in [0.717, 1.165) is 12.3 Å². The van der Waals surface area contributed by atoms with Gasteiger partial charge in [-0.3, -0.25) is 5.43 Å². The monoisotopic (exact) mass is 303 g/mol. The SMILES string of the molecule is Nc1csc(NN=Cc2ccc(F)c([B-](F)(F)F)c2)n1. The van der Waals surface area contributed by atoms with Gasteiger partial charge in [-0.05, 0) is 11.6 Å². The molecule has 0 aliphatic rings. The summed E-state index contributed by atoms with van der Waals surface area (Å²) in [7, 11) is 0. The van der Waals surface area contributed by atoms with Crippen LogP contribution in [0.1, 0.15) is 5.56 Å². The van der Waals surface area contributed by atoms with Crippen LogP contribution in [0.25, 0.3) is 0 Å². The summed E-state index contributed by atoms with van der Waals surface area (Å²) in [6.07, 6.45) is 1.14. The quantitative estimate of drug-likeness (QED) is 0.394. The van der Waals surface area contributed by atoms with Gasteiger partial charge in [-0.25, -0.2) is 9.37 Å². The second kappa shape index (κ2) is 5.49. The maximum atomic E-state index is 13.1. The lowest BCUT2D eigenvalue weighted by atomic mass is 9.79. The fourth-order valence-electron chi connectivity index (χ4n) is 1.39. The molecule has 0 unspecified atom stereocenters. The van der Waals surface area contributed by atoms with Crippen molar-refractivity contribution >= 4 is 40.9 Å². The van der Waals surface area contributed by atoms with Crippen LogP contribution in [0.3, 0.4) is 0 Å². The van der Waals surface area contributed by atoms with Crippen molar-refractivity contribution in [3.05, 3.63) is 35.0 Å². The second-order valence-corrected chi connectivity index (χ2v) is 4.66. The molecule has 0 aliphatic carbocycles. The van der Waals surface area contributed by atoms with Gasteiger partial charge in [-0.2, -0.15) is 5.10 Å². The number of thiazole rings is 1. The molecule has 0 atom stereocenters. The zero-order valence-corrected chi connectivity index (χ0v) is 10.7. The topological polar surface area (TPSA) is 63.3 Å². The van der Waals surface area contributed by atoms with Crippen LogP contribution in [0.2, 0.25) is 0 Å². The average Bonchev–Trinajstić information content (AvgIpc) is 2.76. The molecule has 1 aromatic heterocycles. The molecule has 0 bridgehead atoms. The lowest BCUT2D eigenvalue weighted by molar-refractivity contribution is 0.494. The summed E-state index contributed by atoms with van der Waals surface area (Å²) >= 11 is 1.20. The minimum Gasteiger partial charge on any atom is -0.445 e. The van der Waals surface area contributed by atoms with Gasteiger partial charge < -0.3 is 18.7 Å². The summed E-state index contributed by atoms with van der Waals surface area (Å²) in [4.78, 5) is 3.85. The Bertz CT molecular complexity index is 640. The lowest BCUT2D eigenvalue weighted by Crippen LogP contribution is -2.37. The normalized spacial score (nSPS) is 12.0. The smallest absolute Gasteiger partial charge is 0.445 e. The average molecular weight is 303 g/mol. The van der Waals surface area contributed by atoms with Crippen molar-refractivity contribution in [2.45, 2.75) is 0 Å². The highest BCUT2D eigenvalue weighted by Gasteiger charge is 2.28. The van der Waals surface area contributed by atoms with Gasteiger partial charge in [0.05, 0.1) is 12.0 Å². The molecule has 2 rings (SSSR count). The van der Waals surface area contributed by atoms with Gasteiger partial charge >= 0.3 is 6.98 Å². The highest BCUT2D eigenvalue weighted by Crippen LogP contribution is 2.16. The van der Waals surface area contributed by atoms with Crippen LogP contribution in [0.15, 0.2) is 28.7 Å². The van der Waals surface area contributed by atoms with E-state index < -0.39 is 18.3 Å². The molecule has 0 saturated carbocycles. The second-order valence-electron chi connectivity index (χ2n) is 3.80. The molecule has 0 radical (unpaired) electrons. The van der Waals surface area contributed by atoms with Crippen LogP contribution >= 0.6 is 11.3 Å². The van der Waals surface area contributed by atoms with Crippen molar-refractivity contribution in [1.29, 1.82) is 0 Å². The first kappa shape index (κ1) is 14.3. The summed E-state index contributed by atoms with van der Waals surface area (Å²) in [5.74, 6) is -0.980. The van der Waals surface area contributed by atoms with E-state index >= 15 is 0 Å². The molecule has 1 aromatic carbocycles. The van der Waals surface area contributed by atoms with Crippen molar-refractivity contribution in [2.75, 3.05) is 11.2 Å². The van der Waals surface area contributed by atoms with E-state index in [4.69, 9.17) is 5.73 Å². The molecule has 106 valence electrons. The van der Waals surface area contributed by atoms with E-state index in [1.165, 1.54) is 17.4 Å². The van der Waals surface area contributed by atoms with Gasteiger partial charge in [0.25, 0.3) is 0 Å². The van der Waals surface area contributed by atoms with Gasteiger partial charge in [-0.1, -0.05) is 17.6 Å². The zero-order valence-electron chi connectivity index (χ0n) is 9.86. The molecule has 3 N–H and O–H groups in total. The summed E-state index contributed by atoms with van der Waals surface area (Å²) in [6, 6.07) is 2.66. The Morgan fingerprint density at radius 1 is 1.35 bits per heavy atom. The first-order chi connectivity index (χ1) is 9.36. The lowest BCUT2D eigenvalue weighted by Gasteiger charge is -2.15. The third-order valence-corrected chi connectivity index (χ3v) is 3.03. The first-order valence-corrected chi connectivity index (χ1v) is 6.23. The molecule has 20 heavy (non-hydrogen) atoms. The Kier molecular flexibility index (Phi) is 3.93. The number of nitrogens with two attached hydrogens (primary N) is 1. The predicted molar refractivity (Wildman–Crippen MR) is 72.9 cm³/mol. The third kappa shape index (κ3) is 3.47. The number of hydrazone groups is 1. The van der Waals surface area contributed by atoms with Crippen LogP contribution in [0, 0.1) is 5.82 Å². The van der Waals surface area contributed by atoms with Crippen LogP contribution in [0.4, 0.5) is 28.3 Å². The Labute approximate surface area is 115 Å². The van der Waals surface area contributed by atoms with Crippen LogP contribution in [-0.4, -0.2) is 18.2 Å². The van der Waals surface area contributed by atoms with Crippen molar-refractivity contribution in [1.82, 2.24) is 4.98 Å². The van der Waals surface area contributed by atoms with Crippen molar-refractivity contribution in [3.63, 3.8) is 0 Å². The Balaban J connectivity index is 2.13. The van der Waals surface area contributed by atoms with E-state index in [1.54, 1.807) is 5.38 Å². The molecule has 10 heteroatoms. The minimum atomic E-state index is -5.40. The number of nitrogens with zero attached hydrogens (tertiary/aromatic N) is 2. The first-order valence-electron chi connectivity index (χ1n) is 5.36. The number of halogens is 4. The highest BCUT2D eigenvalue weighted by atomic mass is 32.1. The Morgan fingerprint density at radius 2 is 2.10 bits per heavy atom. The summed E-state index contributed by atoms with van der Waals surface area (Å²) < 4.78 is 50.7. The Morgan fingerprint density at radius 3 is 2.70 bits per heavy atom. The molecule has 2 aromatic rings. The number of rotatable bonds is 4. The number of benzene rings is 1. The number of aromatic nitrogens is 1. The molecular weight excluding hydrogens is 295 g/mol. The molecule has 1 heterocycles. The molecule has 0 amide bonds. The fraction of sp³-hybridized carbons (Fsp3) is 0. The minimum absolute atomic E-state index is 0.123. The zero-order chi connectivity index (χ0) is 14.8. The number of nitrogen functional groups attached to an aromatic ring is 1. The Hall–Kier alpha value is -2.10. The maximum absolute atomic E-state index is 13.1. The van der Waals surface area contributed by atoms with Crippen LogP contribution in [0.5, 0.6) is 0 Å². The number of nitrogens with one attached hydrogen (secondary N) is 1. The standard InChI is InChI=1S/C10H8BF4N4S/c12-8-2-1-6(3-7(8)11(13,14)15)4-17-19-10-18-9(16)5-20-10/h1-5H,16H2,(H,18,19)/q-1. The van der Waals surface area contributed by atoms with Gasteiger partial charge in [0.2, 0.25) is 5.13 Å². The fourth-order valence-corrected chi connectivity index (χ4v) is 1.94. The van der Waals surface area contributed by atoms with Gasteiger partial charge in [0.1, 0.15) is 5.82 Å². The summed E-state index contributed by atoms with van der Waals surface area (Å²) in [6.45, 7) is -5.40. The molecule has 0 saturated heterocycles. The van der Waals surface area contributed by atoms with Gasteiger partial charge in [0.15, 0.2) is 0 Å². The molecule has 4 nitrogen and oxygen atoms in total.